The minimum atomic E-state index is -0.963. The Morgan fingerprint density at radius 2 is 1.88 bits per heavy atom. The van der Waals surface area contributed by atoms with Crippen LogP contribution in [0.2, 0.25) is 0 Å². The van der Waals surface area contributed by atoms with E-state index >= 15 is 0 Å². The summed E-state index contributed by atoms with van der Waals surface area (Å²) in [6.45, 7) is -0.720. The van der Waals surface area contributed by atoms with Gasteiger partial charge < -0.3 is 24.3 Å². The van der Waals surface area contributed by atoms with E-state index < -0.39 is 35.4 Å². The number of fused-ring (bicyclic) bond motifs is 1. The third-order valence-corrected chi connectivity index (χ3v) is 4.57. The molecular formula is C22H20N2O9. The number of carbonyl (C=O) groups is 3. The molecule has 172 valence electrons. The van der Waals surface area contributed by atoms with Gasteiger partial charge in [0.2, 0.25) is 6.79 Å². The highest BCUT2D eigenvalue weighted by molar-refractivity contribution is 5.91. The highest BCUT2D eigenvalue weighted by atomic mass is 16.7. The Hall–Kier alpha value is -4.41. The summed E-state index contributed by atoms with van der Waals surface area (Å²) in [6, 6.07) is 10.6. The van der Waals surface area contributed by atoms with Crippen molar-refractivity contribution in [2.75, 3.05) is 20.5 Å². The average Bonchev–Trinajstić information content (AvgIpc) is 3.28. The lowest BCUT2D eigenvalue weighted by molar-refractivity contribution is -0.385. The molecule has 2 aromatic carbocycles. The molecule has 0 fully saturated rings. The van der Waals surface area contributed by atoms with E-state index in [0.29, 0.717) is 5.75 Å². The van der Waals surface area contributed by atoms with Crippen molar-refractivity contribution in [1.82, 2.24) is 5.32 Å². The van der Waals surface area contributed by atoms with Crippen molar-refractivity contribution in [1.29, 1.82) is 0 Å². The second-order valence-corrected chi connectivity index (χ2v) is 6.80. The Bertz CT molecular complexity index is 1080. The van der Waals surface area contributed by atoms with E-state index in [9.17, 15) is 24.5 Å². The van der Waals surface area contributed by atoms with E-state index in [-0.39, 0.29) is 30.2 Å². The molecule has 11 heteroatoms. The van der Waals surface area contributed by atoms with Crippen LogP contribution in [0.25, 0.3) is 6.08 Å². The fraction of sp³-hybridized carbons (Fsp3) is 0.227. The van der Waals surface area contributed by atoms with Crippen molar-refractivity contribution in [3.63, 3.8) is 0 Å². The second kappa shape index (κ2) is 10.8. The number of nitro groups is 1. The number of esters is 2. The monoisotopic (exact) mass is 456 g/mol. The van der Waals surface area contributed by atoms with Crippen LogP contribution in [-0.4, -0.2) is 49.3 Å². The van der Waals surface area contributed by atoms with Crippen LogP contribution in [0, 0.1) is 10.1 Å². The van der Waals surface area contributed by atoms with Gasteiger partial charge in [-0.05, 0) is 17.7 Å². The Morgan fingerprint density at radius 1 is 1.18 bits per heavy atom. The molecule has 1 N–H and O–H groups in total. The maximum absolute atomic E-state index is 12.2. The largest absolute Gasteiger partial charge is 0.467 e. The SMILES string of the molecule is COC(=O)C(Cc1ccccc1)NC(=O)COC(=O)/C=C/c1cc2c(cc1[N+](=O)[O-])OCO2. The predicted molar refractivity (Wildman–Crippen MR) is 113 cm³/mol. The summed E-state index contributed by atoms with van der Waals surface area (Å²) >= 11 is 0. The highest BCUT2D eigenvalue weighted by Crippen LogP contribution is 2.38. The molecule has 3 rings (SSSR count). The standard InChI is InChI=1S/C22H20N2O9/c1-30-22(27)16(9-14-5-3-2-4-6-14)23-20(25)12-31-21(26)8-7-15-10-18-19(33-13-32-18)11-17(15)24(28)29/h2-8,10-11,16H,9,12-13H2,1H3,(H,23,25)/b8-7+. The number of hydrogen-bond donors (Lipinski definition) is 1. The molecule has 1 aliphatic heterocycles. The summed E-state index contributed by atoms with van der Waals surface area (Å²) in [5.74, 6) is -1.73. The Labute approximate surface area is 188 Å². The van der Waals surface area contributed by atoms with Crippen LogP contribution < -0.4 is 14.8 Å². The molecule has 0 saturated heterocycles. The Morgan fingerprint density at radius 3 is 2.55 bits per heavy atom. The molecule has 1 heterocycles. The molecule has 11 nitrogen and oxygen atoms in total. The van der Waals surface area contributed by atoms with Crippen LogP contribution >= 0.6 is 0 Å². The van der Waals surface area contributed by atoms with Gasteiger partial charge in [-0.15, -0.1) is 0 Å². The van der Waals surface area contributed by atoms with Crippen LogP contribution in [0.15, 0.2) is 48.5 Å². The number of nitrogens with one attached hydrogen (secondary N) is 1. The molecule has 0 aliphatic carbocycles. The first-order valence-electron chi connectivity index (χ1n) is 9.71. The molecule has 0 spiro atoms. The van der Waals surface area contributed by atoms with Gasteiger partial charge in [0, 0.05) is 12.5 Å². The number of nitrogens with zero attached hydrogens (tertiary/aromatic N) is 1. The molecule has 1 atom stereocenters. The fourth-order valence-electron chi connectivity index (χ4n) is 3.00. The fourth-order valence-corrected chi connectivity index (χ4v) is 3.00. The number of carbonyl (C=O) groups excluding carboxylic acids is 3. The number of methoxy groups -OCH3 is 1. The van der Waals surface area contributed by atoms with Crippen molar-refractivity contribution < 1.29 is 38.3 Å². The summed E-state index contributed by atoms with van der Waals surface area (Å²) in [5, 5.41) is 13.7. The van der Waals surface area contributed by atoms with Gasteiger partial charge in [0.25, 0.3) is 11.6 Å². The van der Waals surface area contributed by atoms with Crippen LogP contribution in [0.4, 0.5) is 5.69 Å². The molecule has 1 amide bonds. The summed E-state index contributed by atoms with van der Waals surface area (Å²) in [4.78, 5) is 46.8. The molecule has 0 radical (unpaired) electrons. The van der Waals surface area contributed by atoms with Crippen molar-refractivity contribution >= 4 is 29.6 Å². The van der Waals surface area contributed by atoms with E-state index in [1.54, 1.807) is 24.3 Å². The first kappa shape index (κ1) is 23.3. The van der Waals surface area contributed by atoms with Crippen LogP contribution in [-0.2, 0) is 30.3 Å². The highest BCUT2D eigenvalue weighted by Gasteiger charge is 2.23. The van der Waals surface area contributed by atoms with E-state index in [1.165, 1.54) is 25.3 Å². The van der Waals surface area contributed by atoms with Crippen molar-refractivity contribution in [3.8, 4) is 11.5 Å². The molecule has 33 heavy (non-hydrogen) atoms. The summed E-state index contributed by atoms with van der Waals surface area (Å²) in [6.07, 6.45) is 2.31. The zero-order valence-electron chi connectivity index (χ0n) is 17.5. The van der Waals surface area contributed by atoms with Crippen molar-refractivity contribution in [2.24, 2.45) is 0 Å². The van der Waals surface area contributed by atoms with Gasteiger partial charge in [-0.25, -0.2) is 9.59 Å². The van der Waals surface area contributed by atoms with Crippen LogP contribution in [0.1, 0.15) is 11.1 Å². The smallest absolute Gasteiger partial charge is 0.331 e. The lowest BCUT2D eigenvalue weighted by Crippen LogP contribution is -2.44. The van der Waals surface area contributed by atoms with Gasteiger partial charge in [-0.3, -0.25) is 14.9 Å². The summed E-state index contributed by atoms with van der Waals surface area (Å²) in [5.41, 5.74) is 0.612. The maximum atomic E-state index is 12.2. The van der Waals surface area contributed by atoms with E-state index in [2.05, 4.69) is 5.32 Å². The number of rotatable bonds is 9. The molecular weight excluding hydrogens is 436 g/mol. The topological polar surface area (TPSA) is 143 Å². The normalized spacial score (nSPS) is 12.8. The lowest BCUT2D eigenvalue weighted by atomic mass is 10.1. The lowest BCUT2D eigenvalue weighted by Gasteiger charge is -2.16. The number of ether oxygens (including phenoxy) is 4. The summed E-state index contributed by atoms with van der Waals surface area (Å²) in [7, 11) is 1.20. The van der Waals surface area contributed by atoms with Gasteiger partial charge in [-0.1, -0.05) is 30.3 Å². The van der Waals surface area contributed by atoms with Gasteiger partial charge >= 0.3 is 11.9 Å². The zero-order chi connectivity index (χ0) is 23.8. The third kappa shape index (κ3) is 6.29. The molecule has 1 unspecified atom stereocenters. The Balaban J connectivity index is 1.57. The predicted octanol–water partition coefficient (Wildman–Crippen LogP) is 1.78. The quantitative estimate of drug-likeness (QED) is 0.258. The molecule has 0 aromatic heterocycles. The average molecular weight is 456 g/mol. The summed E-state index contributed by atoms with van der Waals surface area (Å²) < 4.78 is 19.9. The Kier molecular flexibility index (Phi) is 7.58. The van der Waals surface area contributed by atoms with Crippen molar-refractivity contribution in [2.45, 2.75) is 12.5 Å². The number of benzene rings is 2. The van der Waals surface area contributed by atoms with E-state index in [0.717, 1.165) is 11.6 Å². The van der Waals surface area contributed by atoms with Crippen LogP contribution in [0.3, 0.4) is 0 Å². The molecule has 0 bridgehead atoms. The van der Waals surface area contributed by atoms with Crippen molar-refractivity contribution in [3.05, 3.63) is 69.8 Å². The first-order valence-corrected chi connectivity index (χ1v) is 9.71. The van der Waals surface area contributed by atoms with Gasteiger partial charge in [0.05, 0.1) is 23.7 Å². The molecule has 0 saturated carbocycles. The van der Waals surface area contributed by atoms with E-state index in [1.807, 2.05) is 6.07 Å². The number of hydrogen-bond acceptors (Lipinski definition) is 9. The molecule has 2 aromatic rings. The number of amides is 1. The first-order chi connectivity index (χ1) is 15.9. The van der Waals surface area contributed by atoms with E-state index in [4.69, 9.17) is 18.9 Å². The van der Waals surface area contributed by atoms with Gasteiger partial charge in [-0.2, -0.15) is 0 Å². The number of nitro benzene ring substituents is 1. The van der Waals surface area contributed by atoms with Gasteiger partial charge in [0.1, 0.15) is 6.04 Å². The second-order valence-electron chi connectivity index (χ2n) is 6.80. The van der Waals surface area contributed by atoms with Crippen LogP contribution in [0.5, 0.6) is 11.5 Å². The minimum Gasteiger partial charge on any atom is -0.467 e. The zero-order valence-corrected chi connectivity index (χ0v) is 17.5. The maximum Gasteiger partial charge on any atom is 0.331 e. The minimum absolute atomic E-state index is 0.0619. The third-order valence-electron chi connectivity index (χ3n) is 4.57. The molecule has 1 aliphatic rings. The van der Waals surface area contributed by atoms with Gasteiger partial charge in [0.15, 0.2) is 18.1 Å².